The lowest BCUT2D eigenvalue weighted by Gasteiger charge is -2.11. The fourth-order valence-corrected chi connectivity index (χ4v) is 2.60. The summed E-state index contributed by atoms with van der Waals surface area (Å²) in [6.07, 6.45) is 5.90. The van der Waals surface area contributed by atoms with E-state index in [0.717, 1.165) is 31.5 Å². The molecule has 0 radical (unpaired) electrons. The number of hydrogen-bond acceptors (Lipinski definition) is 1. The molecule has 1 fully saturated rings. The summed E-state index contributed by atoms with van der Waals surface area (Å²) in [7, 11) is 0. The molecule has 0 saturated carbocycles. The number of rotatable bonds is 2. The van der Waals surface area contributed by atoms with Gasteiger partial charge in [-0.1, -0.05) is 42.5 Å². The molecule has 3 rings (SSSR count). The minimum absolute atomic E-state index is 0.130. The minimum atomic E-state index is 0.130. The van der Waals surface area contributed by atoms with Crippen molar-refractivity contribution in [3.05, 3.63) is 54.1 Å². The molecule has 0 bridgehead atoms. The summed E-state index contributed by atoms with van der Waals surface area (Å²) in [5.41, 5.74) is 1.10. The van der Waals surface area contributed by atoms with Crippen LogP contribution in [0, 0.1) is 0 Å². The van der Waals surface area contributed by atoms with Gasteiger partial charge in [0.2, 0.25) is 5.91 Å². The number of hydrogen-bond donors (Lipinski definition) is 0. The fraction of sp³-hybridized carbons (Fsp3) is 0.235. The highest BCUT2D eigenvalue weighted by Gasteiger charge is 2.14. The Morgan fingerprint density at radius 2 is 1.74 bits per heavy atom. The van der Waals surface area contributed by atoms with E-state index in [-0.39, 0.29) is 5.91 Å². The van der Waals surface area contributed by atoms with Gasteiger partial charge in [-0.2, -0.15) is 0 Å². The quantitative estimate of drug-likeness (QED) is 0.748. The first-order chi connectivity index (χ1) is 9.34. The van der Waals surface area contributed by atoms with Gasteiger partial charge in [0, 0.05) is 19.2 Å². The zero-order chi connectivity index (χ0) is 13.1. The predicted molar refractivity (Wildman–Crippen MR) is 78.8 cm³/mol. The molecule has 0 aliphatic carbocycles. The smallest absolute Gasteiger partial charge is 0.246 e. The molecule has 2 nitrogen and oxygen atoms in total. The summed E-state index contributed by atoms with van der Waals surface area (Å²) in [5.74, 6) is 0.130. The summed E-state index contributed by atoms with van der Waals surface area (Å²) in [4.78, 5) is 13.9. The normalized spacial score (nSPS) is 15.5. The molecule has 96 valence electrons. The van der Waals surface area contributed by atoms with Gasteiger partial charge < -0.3 is 4.90 Å². The van der Waals surface area contributed by atoms with Crippen LogP contribution >= 0.6 is 0 Å². The van der Waals surface area contributed by atoms with E-state index in [9.17, 15) is 4.79 Å². The van der Waals surface area contributed by atoms with Crippen molar-refractivity contribution in [2.45, 2.75) is 12.8 Å². The van der Waals surface area contributed by atoms with E-state index in [2.05, 4.69) is 24.3 Å². The van der Waals surface area contributed by atoms with Crippen LogP contribution in [0.25, 0.3) is 16.8 Å². The second kappa shape index (κ2) is 5.27. The van der Waals surface area contributed by atoms with E-state index in [1.54, 1.807) is 6.08 Å². The third-order valence-corrected chi connectivity index (χ3v) is 3.65. The van der Waals surface area contributed by atoms with Crippen LogP contribution in [0.5, 0.6) is 0 Å². The third kappa shape index (κ3) is 2.53. The molecule has 2 heteroatoms. The second-order valence-electron chi connectivity index (χ2n) is 4.93. The van der Waals surface area contributed by atoms with Crippen molar-refractivity contribution in [2.75, 3.05) is 13.1 Å². The van der Waals surface area contributed by atoms with Crippen LogP contribution in [0.2, 0.25) is 0 Å². The van der Waals surface area contributed by atoms with Crippen molar-refractivity contribution in [3.63, 3.8) is 0 Å². The van der Waals surface area contributed by atoms with Gasteiger partial charge in [0.05, 0.1) is 0 Å². The standard InChI is InChI=1S/C17H17NO/c19-17(18-12-3-4-13-18)11-10-15-8-5-7-14-6-1-2-9-16(14)15/h1-2,5-11H,3-4,12-13H2/b11-10+. The van der Waals surface area contributed by atoms with Crippen LogP contribution in [0.4, 0.5) is 0 Å². The van der Waals surface area contributed by atoms with Crippen molar-refractivity contribution in [1.82, 2.24) is 4.90 Å². The number of amides is 1. The van der Waals surface area contributed by atoms with E-state index in [1.165, 1.54) is 10.8 Å². The predicted octanol–water partition coefficient (Wildman–Crippen LogP) is 3.48. The Labute approximate surface area is 113 Å². The van der Waals surface area contributed by atoms with Gasteiger partial charge in [-0.15, -0.1) is 0 Å². The highest BCUT2D eigenvalue weighted by molar-refractivity contribution is 5.96. The molecule has 2 aromatic rings. The molecule has 0 unspecified atom stereocenters. The van der Waals surface area contributed by atoms with E-state index >= 15 is 0 Å². The number of benzene rings is 2. The van der Waals surface area contributed by atoms with Crippen LogP contribution < -0.4 is 0 Å². The monoisotopic (exact) mass is 251 g/mol. The molecule has 1 heterocycles. The maximum Gasteiger partial charge on any atom is 0.246 e. The lowest BCUT2D eigenvalue weighted by molar-refractivity contribution is -0.124. The summed E-state index contributed by atoms with van der Waals surface area (Å²) >= 11 is 0. The summed E-state index contributed by atoms with van der Waals surface area (Å²) < 4.78 is 0. The lowest BCUT2D eigenvalue weighted by Crippen LogP contribution is -2.25. The molecule has 2 aromatic carbocycles. The van der Waals surface area contributed by atoms with Crippen molar-refractivity contribution >= 4 is 22.8 Å². The Kier molecular flexibility index (Phi) is 3.32. The van der Waals surface area contributed by atoms with Crippen LogP contribution in [0.1, 0.15) is 18.4 Å². The van der Waals surface area contributed by atoms with Crippen LogP contribution in [-0.2, 0) is 4.79 Å². The lowest BCUT2D eigenvalue weighted by atomic mass is 10.0. The van der Waals surface area contributed by atoms with Crippen molar-refractivity contribution in [3.8, 4) is 0 Å². The number of fused-ring (bicyclic) bond motifs is 1. The van der Waals surface area contributed by atoms with Gasteiger partial charge in [0.1, 0.15) is 0 Å². The molecule has 0 atom stereocenters. The number of likely N-dealkylation sites (tertiary alicyclic amines) is 1. The van der Waals surface area contributed by atoms with E-state index in [4.69, 9.17) is 0 Å². The Morgan fingerprint density at radius 1 is 1.00 bits per heavy atom. The first-order valence-electron chi connectivity index (χ1n) is 6.79. The number of carbonyl (C=O) groups is 1. The van der Waals surface area contributed by atoms with Crippen LogP contribution in [0.3, 0.4) is 0 Å². The molecule has 1 aliphatic heterocycles. The van der Waals surface area contributed by atoms with Crippen LogP contribution in [-0.4, -0.2) is 23.9 Å². The summed E-state index contributed by atoms with van der Waals surface area (Å²) in [5, 5.41) is 2.40. The van der Waals surface area contributed by atoms with Gasteiger partial charge >= 0.3 is 0 Å². The Balaban J connectivity index is 1.86. The molecule has 0 aromatic heterocycles. The van der Waals surface area contributed by atoms with Crippen LogP contribution in [0.15, 0.2) is 48.5 Å². The van der Waals surface area contributed by atoms with Gasteiger partial charge in [0.25, 0.3) is 0 Å². The molecular formula is C17H17NO. The molecule has 0 spiro atoms. The molecule has 19 heavy (non-hydrogen) atoms. The fourth-order valence-electron chi connectivity index (χ4n) is 2.60. The summed E-state index contributed by atoms with van der Waals surface area (Å²) in [6, 6.07) is 14.4. The Bertz CT molecular complexity index is 619. The second-order valence-corrected chi connectivity index (χ2v) is 4.93. The number of carbonyl (C=O) groups excluding carboxylic acids is 1. The van der Waals surface area contributed by atoms with Crippen molar-refractivity contribution < 1.29 is 4.79 Å². The van der Waals surface area contributed by atoms with Gasteiger partial charge in [0.15, 0.2) is 0 Å². The van der Waals surface area contributed by atoms with Crippen molar-refractivity contribution in [1.29, 1.82) is 0 Å². The molecule has 1 amide bonds. The number of nitrogens with zero attached hydrogens (tertiary/aromatic N) is 1. The first kappa shape index (κ1) is 12.0. The molecule has 1 saturated heterocycles. The zero-order valence-electron chi connectivity index (χ0n) is 10.9. The van der Waals surface area contributed by atoms with E-state index < -0.39 is 0 Å². The average molecular weight is 251 g/mol. The highest BCUT2D eigenvalue weighted by Crippen LogP contribution is 2.19. The average Bonchev–Trinajstić information content (AvgIpc) is 2.99. The maximum absolute atomic E-state index is 12.0. The third-order valence-electron chi connectivity index (χ3n) is 3.65. The Hall–Kier alpha value is -2.09. The SMILES string of the molecule is O=C(/C=C/c1cccc2ccccc12)N1CCCC1. The largest absolute Gasteiger partial charge is 0.339 e. The molecular weight excluding hydrogens is 234 g/mol. The maximum atomic E-state index is 12.0. The highest BCUT2D eigenvalue weighted by atomic mass is 16.2. The summed E-state index contributed by atoms with van der Waals surface area (Å²) in [6.45, 7) is 1.80. The van der Waals surface area contributed by atoms with Gasteiger partial charge in [-0.25, -0.2) is 0 Å². The Morgan fingerprint density at radius 3 is 2.58 bits per heavy atom. The zero-order valence-corrected chi connectivity index (χ0v) is 10.9. The van der Waals surface area contributed by atoms with Crippen molar-refractivity contribution in [2.24, 2.45) is 0 Å². The van der Waals surface area contributed by atoms with E-state index in [1.807, 2.05) is 29.2 Å². The molecule has 1 aliphatic rings. The topological polar surface area (TPSA) is 20.3 Å². The van der Waals surface area contributed by atoms with E-state index in [0.29, 0.717) is 0 Å². The molecule has 0 N–H and O–H groups in total. The van der Waals surface area contributed by atoms with Gasteiger partial charge in [-0.05, 0) is 35.3 Å². The first-order valence-corrected chi connectivity index (χ1v) is 6.79. The van der Waals surface area contributed by atoms with Gasteiger partial charge in [-0.3, -0.25) is 4.79 Å². The minimum Gasteiger partial charge on any atom is -0.339 e.